The SMILES string of the molecule is C=C(OCC)c1cnc(C)nc1. The molecule has 0 aliphatic carbocycles. The van der Waals surface area contributed by atoms with Gasteiger partial charge in [0.2, 0.25) is 0 Å². The Morgan fingerprint density at radius 1 is 1.50 bits per heavy atom. The van der Waals surface area contributed by atoms with Crippen LogP contribution in [0.2, 0.25) is 0 Å². The summed E-state index contributed by atoms with van der Waals surface area (Å²) in [6.07, 6.45) is 3.42. The number of hydrogen-bond acceptors (Lipinski definition) is 3. The van der Waals surface area contributed by atoms with Crippen LogP contribution in [0.5, 0.6) is 0 Å². The Bertz CT molecular complexity index is 266. The van der Waals surface area contributed by atoms with Crippen LogP contribution in [0.1, 0.15) is 18.3 Å². The van der Waals surface area contributed by atoms with E-state index in [1.165, 1.54) is 0 Å². The molecule has 0 aliphatic heterocycles. The summed E-state index contributed by atoms with van der Waals surface area (Å²) in [6, 6.07) is 0. The van der Waals surface area contributed by atoms with Gasteiger partial charge in [-0.1, -0.05) is 6.58 Å². The molecule has 3 heteroatoms. The standard InChI is InChI=1S/C9H12N2O/c1-4-12-7(2)9-5-10-8(3)11-6-9/h5-6H,2,4H2,1,3H3. The maximum absolute atomic E-state index is 5.19. The maximum atomic E-state index is 5.19. The fourth-order valence-electron chi connectivity index (χ4n) is 0.794. The van der Waals surface area contributed by atoms with Crippen LogP contribution < -0.4 is 0 Å². The second kappa shape index (κ2) is 3.85. The van der Waals surface area contributed by atoms with Crippen LogP contribution in [-0.2, 0) is 4.74 Å². The summed E-state index contributed by atoms with van der Waals surface area (Å²) in [5.74, 6) is 1.38. The molecule has 0 N–H and O–H groups in total. The Hall–Kier alpha value is -1.38. The zero-order valence-corrected chi connectivity index (χ0v) is 7.37. The van der Waals surface area contributed by atoms with Crippen LogP contribution in [-0.4, -0.2) is 16.6 Å². The molecule has 1 aromatic heterocycles. The van der Waals surface area contributed by atoms with Gasteiger partial charge >= 0.3 is 0 Å². The van der Waals surface area contributed by atoms with E-state index >= 15 is 0 Å². The molecule has 0 spiro atoms. The monoisotopic (exact) mass is 164 g/mol. The molecule has 1 aromatic rings. The number of aryl methyl sites for hydroxylation is 1. The van der Waals surface area contributed by atoms with E-state index in [4.69, 9.17) is 4.74 Å². The summed E-state index contributed by atoms with van der Waals surface area (Å²) in [7, 11) is 0. The summed E-state index contributed by atoms with van der Waals surface area (Å²) < 4.78 is 5.19. The molecule has 64 valence electrons. The van der Waals surface area contributed by atoms with Crippen LogP contribution in [0.3, 0.4) is 0 Å². The Morgan fingerprint density at radius 3 is 2.58 bits per heavy atom. The van der Waals surface area contributed by atoms with Gasteiger partial charge in [0.1, 0.15) is 11.6 Å². The van der Waals surface area contributed by atoms with Gasteiger partial charge in [0, 0.05) is 12.4 Å². The third-order valence-corrected chi connectivity index (χ3v) is 1.42. The van der Waals surface area contributed by atoms with E-state index in [9.17, 15) is 0 Å². The lowest BCUT2D eigenvalue weighted by molar-refractivity contribution is 0.299. The van der Waals surface area contributed by atoms with Crippen molar-refractivity contribution in [2.24, 2.45) is 0 Å². The Balaban J connectivity index is 2.75. The van der Waals surface area contributed by atoms with Gasteiger partial charge in [-0.2, -0.15) is 0 Å². The number of aromatic nitrogens is 2. The van der Waals surface area contributed by atoms with Crippen molar-refractivity contribution in [2.75, 3.05) is 6.61 Å². The summed E-state index contributed by atoms with van der Waals surface area (Å²) in [5.41, 5.74) is 0.836. The maximum Gasteiger partial charge on any atom is 0.125 e. The lowest BCUT2D eigenvalue weighted by atomic mass is 10.3. The Labute approximate surface area is 72.1 Å². The molecule has 0 radical (unpaired) electrons. The van der Waals surface area contributed by atoms with E-state index in [-0.39, 0.29) is 0 Å². The van der Waals surface area contributed by atoms with Gasteiger partial charge in [-0.15, -0.1) is 0 Å². The highest BCUT2D eigenvalue weighted by Gasteiger charge is 1.98. The van der Waals surface area contributed by atoms with E-state index in [0.29, 0.717) is 12.4 Å². The van der Waals surface area contributed by atoms with Gasteiger partial charge in [0.25, 0.3) is 0 Å². The van der Waals surface area contributed by atoms with E-state index in [0.717, 1.165) is 11.4 Å². The van der Waals surface area contributed by atoms with Gasteiger partial charge in [-0.25, -0.2) is 9.97 Å². The first-order valence-corrected chi connectivity index (χ1v) is 3.84. The zero-order chi connectivity index (χ0) is 8.97. The minimum atomic E-state index is 0.618. The zero-order valence-electron chi connectivity index (χ0n) is 7.37. The molecule has 1 rings (SSSR count). The summed E-state index contributed by atoms with van der Waals surface area (Å²) in [6.45, 7) is 8.12. The molecule has 3 nitrogen and oxygen atoms in total. The summed E-state index contributed by atoms with van der Waals surface area (Å²) in [4.78, 5) is 8.06. The average Bonchev–Trinajstić information content (AvgIpc) is 2.06. The molecule has 0 aromatic carbocycles. The quantitative estimate of drug-likeness (QED) is 0.639. The highest BCUT2D eigenvalue weighted by Crippen LogP contribution is 2.10. The van der Waals surface area contributed by atoms with Crippen LogP contribution >= 0.6 is 0 Å². The molecule has 0 atom stereocenters. The molecule has 0 amide bonds. The third kappa shape index (κ3) is 2.05. The molecule has 12 heavy (non-hydrogen) atoms. The molecule has 0 saturated carbocycles. The van der Waals surface area contributed by atoms with Crippen molar-refractivity contribution in [2.45, 2.75) is 13.8 Å². The topological polar surface area (TPSA) is 35.0 Å². The fraction of sp³-hybridized carbons (Fsp3) is 0.333. The first kappa shape index (κ1) is 8.71. The average molecular weight is 164 g/mol. The van der Waals surface area contributed by atoms with E-state index in [2.05, 4.69) is 16.5 Å². The van der Waals surface area contributed by atoms with Crippen molar-refractivity contribution in [3.63, 3.8) is 0 Å². The molecule has 0 aliphatic rings. The normalized spacial score (nSPS) is 9.50. The van der Waals surface area contributed by atoms with Gasteiger partial charge in [-0.05, 0) is 13.8 Å². The summed E-state index contributed by atoms with van der Waals surface area (Å²) >= 11 is 0. The smallest absolute Gasteiger partial charge is 0.125 e. The highest BCUT2D eigenvalue weighted by molar-refractivity contribution is 5.55. The largest absolute Gasteiger partial charge is 0.494 e. The van der Waals surface area contributed by atoms with E-state index in [1.807, 2.05) is 13.8 Å². The van der Waals surface area contributed by atoms with Crippen LogP contribution in [0.25, 0.3) is 5.76 Å². The van der Waals surface area contributed by atoms with Crippen molar-refractivity contribution in [1.29, 1.82) is 0 Å². The second-order valence-corrected chi connectivity index (χ2v) is 2.38. The number of hydrogen-bond donors (Lipinski definition) is 0. The molecular formula is C9H12N2O. The fourth-order valence-corrected chi connectivity index (χ4v) is 0.794. The molecule has 1 heterocycles. The minimum absolute atomic E-state index is 0.618. The molecule has 0 unspecified atom stereocenters. The first-order valence-electron chi connectivity index (χ1n) is 3.84. The van der Waals surface area contributed by atoms with Gasteiger partial charge in [-0.3, -0.25) is 0 Å². The highest BCUT2D eigenvalue weighted by atomic mass is 16.5. The van der Waals surface area contributed by atoms with Crippen LogP contribution in [0.4, 0.5) is 0 Å². The van der Waals surface area contributed by atoms with Crippen LogP contribution in [0, 0.1) is 6.92 Å². The van der Waals surface area contributed by atoms with Crippen molar-refractivity contribution in [3.05, 3.63) is 30.4 Å². The third-order valence-electron chi connectivity index (χ3n) is 1.42. The van der Waals surface area contributed by atoms with Crippen molar-refractivity contribution >= 4 is 5.76 Å². The molecule has 0 fully saturated rings. The van der Waals surface area contributed by atoms with Crippen LogP contribution in [0.15, 0.2) is 19.0 Å². The minimum Gasteiger partial charge on any atom is -0.494 e. The summed E-state index contributed by atoms with van der Waals surface area (Å²) in [5, 5.41) is 0. The Morgan fingerprint density at radius 2 is 2.08 bits per heavy atom. The molecule has 0 bridgehead atoms. The molecule has 0 saturated heterocycles. The van der Waals surface area contributed by atoms with Crippen molar-refractivity contribution in [3.8, 4) is 0 Å². The lowest BCUT2D eigenvalue weighted by Crippen LogP contribution is -1.93. The molecular weight excluding hydrogens is 152 g/mol. The predicted octanol–water partition coefficient (Wildman–Crippen LogP) is 1.79. The lowest BCUT2D eigenvalue weighted by Gasteiger charge is -2.05. The van der Waals surface area contributed by atoms with Crippen molar-refractivity contribution in [1.82, 2.24) is 9.97 Å². The second-order valence-electron chi connectivity index (χ2n) is 2.38. The Kier molecular flexibility index (Phi) is 2.80. The van der Waals surface area contributed by atoms with Crippen molar-refractivity contribution < 1.29 is 4.74 Å². The van der Waals surface area contributed by atoms with E-state index < -0.39 is 0 Å². The van der Waals surface area contributed by atoms with Gasteiger partial charge in [0.15, 0.2) is 0 Å². The van der Waals surface area contributed by atoms with E-state index in [1.54, 1.807) is 12.4 Å². The number of rotatable bonds is 3. The predicted molar refractivity (Wildman–Crippen MR) is 47.4 cm³/mol. The van der Waals surface area contributed by atoms with Gasteiger partial charge < -0.3 is 4.74 Å². The van der Waals surface area contributed by atoms with Gasteiger partial charge in [0.05, 0.1) is 12.2 Å². The number of ether oxygens (including phenoxy) is 1. The first-order chi connectivity index (χ1) is 5.74. The number of nitrogens with zero attached hydrogens (tertiary/aromatic N) is 2.